The Kier molecular flexibility index (Phi) is 8.72. The minimum absolute atomic E-state index is 0.274. The van der Waals surface area contributed by atoms with Crippen molar-refractivity contribution in [1.29, 1.82) is 0 Å². The van der Waals surface area contributed by atoms with Crippen LogP contribution in [0.25, 0.3) is 0 Å². The Morgan fingerprint density at radius 2 is 1.67 bits per heavy atom. The maximum Gasteiger partial charge on any atom is 0.319 e. The number of benzene rings is 1. The lowest BCUT2D eigenvalue weighted by Crippen LogP contribution is -2.44. The molecule has 0 heterocycles. The summed E-state index contributed by atoms with van der Waals surface area (Å²) in [5.41, 5.74) is -0.156. The van der Waals surface area contributed by atoms with Crippen molar-refractivity contribution >= 4 is 11.7 Å². The number of amides is 2. The van der Waals surface area contributed by atoms with Gasteiger partial charge >= 0.3 is 6.03 Å². The highest BCUT2D eigenvalue weighted by molar-refractivity contribution is 5.89. The molecule has 2 rings (SSSR count). The fourth-order valence-corrected chi connectivity index (χ4v) is 3.23. The van der Waals surface area contributed by atoms with Gasteiger partial charge in [-0.15, -0.1) is 0 Å². The highest BCUT2D eigenvalue weighted by atomic mass is 16.5. The molecule has 0 atom stereocenters. The number of carbonyl (C=O) groups is 1. The highest BCUT2D eigenvalue weighted by Gasteiger charge is 2.28. The molecule has 0 bridgehead atoms. The van der Waals surface area contributed by atoms with Gasteiger partial charge in [-0.3, -0.25) is 0 Å². The van der Waals surface area contributed by atoms with Crippen LogP contribution in [0.15, 0.2) is 18.2 Å². The van der Waals surface area contributed by atoms with E-state index in [1.54, 1.807) is 12.1 Å². The number of carbonyl (C=O) groups excluding carboxylic acids is 1. The quantitative estimate of drug-likeness (QED) is 0.554. The van der Waals surface area contributed by atoms with Gasteiger partial charge in [-0.05, 0) is 37.8 Å². The summed E-state index contributed by atoms with van der Waals surface area (Å²) in [5.74, 6) is 1.31. The van der Waals surface area contributed by atoms with Crippen molar-refractivity contribution in [3.05, 3.63) is 18.2 Å². The fraction of sp³-hybridized carbons (Fsp3) is 0.667. The molecule has 1 saturated carbocycles. The first-order chi connectivity index (χ1) is 13.1. The molecule has 1 aliphatic carbocycles. The number of urea groups is 1. The van der Waals surface area contributed by atoms with Crippen molar-refractivity contribution < 1.29 is 19.4 Å². The van der Waals surface area contributed by atoms with Crippen molar-refractivity contribution in [2.24, 2.45) is 0 Å². The van der Waals surface area contributed by atoms with Gasteiger partial charge in [0.1, 0.15) is 0 Å². The van der Waals surface area contributed by atoms with Gasteiger partial charge in [0, 0.05) is 18.3 Å². The average Bonchev–Trinajstić information content (AvgIpc) is 2.89. The van der Waals surface area contributed by atoms with Crippen LogP contribution in [-0.2, 0) is 0 Å². The van der Waals surface area contributed by atoms with Gasteiger partial charge in [-0.1, -0.05) is 39.5 Å². The van der Waals surface area contributed by atoms with E-state index in [1.807, 2.05) is 13.0 Å². The predicted octanol–water partition coefficient (Wildman–Crippen LogP) is 4.47. The standard InChI is InChI=1S/C21H34N2O4/c1-3-13-26-18-10-9-17(15-19(18)27-14-4-2)23-20(24)22-16-21(25)11-7-5-6-8-12-21/h9-10,15,25H,3-8,11-14,16H2,1-2H3,(H2,22,23,24). The van der Waals surface area contributed by atoms with E-state index in [0.29, 0.717) is 30.4 Å². The molecule has 0 radical (unpaired) electrons. The van der Waals surface area contributed by atoms with Crippen molar-refractivity contribution in [2.75, 3.05) is 25.1 Å². The molecule has 0 saturated heterocycles. The van der Waals surface area contributed by atoms with Crippen LogP contribution < -0.4 is 20.1 Å². The van der Waals surface area contributed by atoms with Crippen LogP contribution in [-0.4, -0.2) is 36.5 Å². The molecule has 6 nitrogen and oxygen atoms in total. The van der Waals surface area contributed by atoms with Crippen molar-refractivity contribution in [2.45, 2.75) is 70.8 Å². The molecule has 1 aromatic rings. The second kappa shape index (κ2) is 11.0. The Balaban J connectivity index is 1.93. The lowest BCUT2D eigenvalue weighted by atomic mass is 9.95. The predicted molar refractivity (Wildman–Crippen MR) is 108 cm³/mol. The minimum Gasteiger partial charge on any atom is -0.490 e. The van der Waals surface area contributed by atoms with Gasteiger partial charge in [0.05, 0.1) is 18.8 Å². The van der Waals surface area contributed by atoms with Gasteiger partial charge in [0.25, 0.3) is 0 Å². The Morgan fingerprint density at radius 3 is 2.30 bits per heavy atom. The summed E-state index contributed by atoms with van der Waals surface area (Å²) < 4.78 is 11.5. The lowest BCUT2D eigenvalue weighted by Gasteiger charge is -2.26. The molecule has 0 unspecified atom stereocenters. The van der Waals surface area contributed by atoms with E-state index < -0.39 is 5.60 Å². The fourth-order valence-electron chi connectivity index (χ4n) is 3.23. The smallest absolute Gasteiger partial charge is 0.319 e. The topological polar surface area (TPSA) is 79.8 Å². The zero-order valence-corrected chi connectivity index (χ0v) is 16.7. The molecule has 0 spiro atoms. The molecule has 3 N–H and O–H groups in total. The molecule has 6 heteroatoms. The summed E-state index contributed by atoms with van der Waals surface area (Å²) in [5, 5.41) is 16.3. The van der Waals surface area contributed by atoms with E-state index in [2.05, 4.69) is 17.6 Å². The van der Waals surface area contributed by atoms with Crippen LogP contribution in [0.2, 0.25) is 0 Å². The van der Waals surface area contributed by atoms with Gasteiger partial charge in [0.2, 0.25) is 0 Å². The number of nitrogens with one attached hydrogen (secondary N) is 2. The van der Waals surface area contributed by atoms with Crippen molar-refractivity contribution in [3.63, 3.8) is 0 Å². The molecule has 0 aromatic heterocycles. The van der Waals surface area contributed by atoms with Crippen LogP contribution >= 0.6 is 0 Å². The van der Waals surface area contributed by atoms with Crippen LogP contribution in [0.1, 0.15) is 65.2 Å². The van der Waals surface area contributed by atoms with Crippen molar-refractivity contribution in [3.8, 4) is 11.5 Å². The molecular formula is C21H34N2O4. The molecule has 1 fully saturated rings. The molecule has 1 aromatic carbocycles. The molecular weight excluding hydrogens is 344 g/mol. The number of hydrogen-bond acceptors (Lipinski definition) is 4. The number of rotatable bonds is 9. The normalized spacial score (nSPS) is 16.3. The number of anilines is 1. The summed E-state index contributed by atoms with van der Waals surface area (Å²) in [7, 11) is 0. The Morgan fingerprint density at radius 1 is 1.04 bits per heavy atom. The molecule has 1 aliphatic rings. The largest absolute Gasteiger partial charge is 0.490 e. The lowest BCUT2D eigenvalue weighted by molar-refractivity contribution is 0.0281. The monoisotopic (exact) mass is 378 g/mol. The summed E-state index contributed by atoms with van der Waals surface area (Å²) >= 11 is 0. The molecule has 2 amide bonds. The van der Waals surface area contributed by atoms with Gasteiger partial charge < -0.3 is 25.2 Å². The van der Waals surface area contributed by atoms with Gasteiger partial charge in [0.15, 0.2) is 11.5 Å². The van der Waals surface area contributed by atoms with E-state index in [0.717, 1.165) is 51.4 Å². The first-order valence-electron chi connectivity index (χ1n) is 10.2. The summed E-state index contributed by atoms with van der Waals surface area (Å²) in [6.07, 6.45) is 7.62. The summed E-state index contributed by atoms with van der Waals surface area (Å²) in [4.78, 5) is 12.3. The second-order valence-electron chi connectivity index (χ2n) is 7.30. The molecule has 152 valence electrons. The van der Waals surface area contributed by atoms with Crippen molar-refractivity contribution in [1.82, 2.24) is 5.32 Å². The van der Waals surface area contributed by atoms with Gasteiger partial charge in [-0.2, -0.15) is 0 Å². The second-order valence-corrected chi connectivity index (χ2v) is 7.30. The number of aliphatic hydroxyl groups is 1. The maximum atomic E-state index is 12.3. The summed E-state index contributed by atoms with van der Waals surface area (Å²) in [6.45, 7) is 5.57. The van der Waals surface area contributed by atoms with E-state index in [9.17, 15) is 9.90 Å². The SMILES string of the molecule is CCCOc1ccc(NC(=O)NCC2(O)CCCCCC2)cc1OCCC. The Labute approximate surface area is 162 Å². The maximum absolute atomic E-state index is 12.3. The van der Waals surface area contributed by atoms with Crippen LogP contribution in [0.5, 0.6) is 11.5 Å². The average molecular weight is 379 g/mol. The number of ether oxygens (including phenoxy) is 2. The highest BCUT2D eigenvalue weighted by Crippen LogP contribution is 2.31. The van der Waals surface area contributed by atoms with Crippen LogP contribution in [0.4, 0.5) is 10.5 Å². The number of hydrogen-bond donors (Lipinski definition) is 3. The first-order valence-corrected chi connectivity index (χ1v) is 10.2. The first kappa shape index (κ1) is 21.4. The Hall–Kier alpha value is -1.95. The molecule has 27 heavy (non-hydrogen) atoms. The van der Waals surface area contributed by atoms with E-state index >= 15 is 0 Å². The van der Waals surface area contributed by atoms with E-state index in [1.165, 1.54) is 0 Å². The third-order valence-corrected chi connectivity index (χ3v) is 4.74. The zero-order valence-electron chi connectivity index (χ0n) is 16.7. The third kappa shape index (κ3) is 7.29. The Bertz CT molecular complexity index is 584. The molecule has 0 aliphatic heterocycles. The van der Waals surface area contributed by atoms with E-state index in [-0.39, 0.29) is 12.6 Å². The third-order valence-electron chi connectivity index (χ3n) is 4.74. The van der Waals surface area contributed by atoms with Gasteiger partial charge in [-0.25, -0.2) is 4.79 Å². The van der Waals surface area contributed by atoms with Crippen LogP contribution in [0.3, 0.4) is 0 Å². The summed E-state index contributed by atoms with van der Waals surface area (Å²) in [6, 6.07) is 5.07. The minimum atomic E-state index is -0.791. The van der Waals surface area contributed by atoms with E-state index in [4.69, 9.17) is 9.47 Å². The zero-order chi connectivity index (χ0) is 19.5. The van der Waals surface area contributed by atoms with Crippen LogP contribution in [0, 0.1) is 0 Å².